The molecule has 1 amide bonds. The molecular formula is C18H20N6O2. The van der Waals surface area contributed by atoms with Crippen molar-refractivity contribution in [3.8, 4) is 0 Å². The van der Waals surface area contributed by atoms with E-state index in [1.54, 1.807) is 4.90 Å². The molecule has 0 bridgehead atoms. The van der Waals surface area contributed by atoms with Crippen LogP contribution in [-0.4, -0.2) is 57.8 Å². The van der Waals surface area contributed by atoms with Crippen molar-refractivity contribution in [3.05, 3.63) is 47.5 Å². The number of fused-ring (bicyclic) bond motifs is 1. The van der Waals surface area contributed by atoms with E-state index in [0.29, 0.717) is 31.3 Å². The molecule has 0 radical (unpaired) electrons. The summed E-state index contributed by atoms with van der Waals surface area (Å²) in [7, 11) is 1.81. The standard InChI is InChI=1S/C18H20N6O2/c1-11-9-15(19-2)21-17(20-11)14-10-26-8-7-24(14)18(25)16-12-5-3-4-6-13(12)22-23-16/h3-6,9,14H,7-8,10H2,1-2H3,(H,22,23)(H,19,20,21)/t14-/m0/s1. The van der Waals surface area contributed by atoms with Crippen LogP contribution in [0.5, 0.6) is 0 Å². The molecule has 1 saturated heterocycles. The fourth-order valence-corrected chi connectivity index (χ4v) is 3.19. The Labute approximate surface area is 150 Å². The molecular weight excluding hydrogens is 332 g/mol. The number of carbonyl (C=O) groups excluding carboxylic acids is 1. The van der Waals surface area contributed by atoms with Crippen molar-refractivity contribution in [2.24, 2.45) is 0 Å². The molecule has 1 aliphatic heterocycles. The smallest absolute Gasteiger partial charge is 0.275 e. The fraction of sp³-hybridized carbons (Fsp3) is 0.333. The number of aromatic nitrogens is 4. The number of aryl methyl sites for hydroxylation is 1. The normalized spacial score (nSPS) is 17.5. The number of anilines is 1. The summed E-state index contributed by atoms with van der Waals surface area (Å²) < 4.78 is 5.61. The quantitative estimate of drug-likeness (QED) is 0.748. The SMILES string of the molecule is CNc1cc(C)nc([C@@H]2COCCN2C(=O)c2n[nH]c3ccccc23)n1. The highest BCUT2D eigenvalue weighted by Crippen LogP contribution is 2.26. The van der Waals surface area contributed by atoms with Crippen molar-refractivity contribution >= 4 is 22.6 Å². The number of aromatic amines is 1. The van der Waals surface area contributed by atoms with Crippen molar-refractivity contribution in [1.82, 2.24) is 25.1 Å². The summed E-state index contributed by atoms with van der Waals surface area (Å²) in [6.07, 6.45) is 0. The van der Waals surface area contributed by atoms with Gasteiger partial charge in [0.15, 0.2) is 11.5 Å². The van der Waals surface area contributed by atoms with Gasteiger partial charge in [0.2, 0.25) is 0 Å². The summed E-state index contributed by atoms with van der Waals surface area (Å²) >= 11 is 0. The molecule has 8 heteroatoms. The number of hydrogen-bond donors (Lipinski definition) is 2. The van der Waals surface area contributed by atoms with E-state index in [1.807, 2.05) is 44.3 Å². The number of ether oxygens (including phenoxy) is 1. The second-order valence-electron chi connectivity index (χ2n) is 6.21. The number of H-pyrrole nitrogens is 1. The van der Waals surface area contributed by atoms with E-state index in [-0.39, 0.29) is 11.9 Å². The molecule has 1 aromatic carbocycles. The van der Waals surface area contributed by atoms with Gasteiger partial charge in [0.25, 0.3) is 5.91 Å². The van der Waals surface area contributed by atoms with E-state index in [4.69, 9.17) is 4.74 Å². The number of rotatable bonds is 3. The fourth-order valence-electron chi connectivity index (χ4n) is 3.19. The average Bonchev–Trinajstić information content (AvgIpc) is 3.11. The third-order valence-corrected chi connectivity index (χ3v) is 4.49. The Kier molecular flexibility index (Phi) is 4.26. The van der Waals surface area contributed by atoms with Gasteiger partial charge < -0.3 is 15.0 Å². The van der Waals surface area contributed by atoms with Crippen molar-refractivity contribution in [1.29, 1.82) is 0 Å². The number of morpholine rings is 1. The Balaban J connectivity index is 1.71. The average molecular weight is 352 g/mol. The van der Waals surface area contributed by atoms with Crippen LogP contribution in [0.15, 0.2) is 30.3 Å². The molecule has 1 fully saturated rings. The zero-order valence-electron chi connectivity index (χ0n) is 14.7. The lowest BCUT2D eigenvalue weighted by Gasteiger charge is -2.34. The number of nitrogens with zero attached hydrogens (tertiary/aromatic N) is 4. The van der Waals surface area contributed by atoms with Crippen LogP contribution < -0.4 is 5.32 Å². The second kappa shape index (κ2) is 6.72. The summed E-state index contributed by atoms with van der Waals surface area (Å²) in [6, 6.07) is 9.11. The lowest BCUT2D eigenvalue weighted by atomic mass is 10.1. The van der Waals surface area contributed by atoms with Gasteiger partial charge in [-0.25, -0.2) is 9.97 Å². The van der Waals surface area contributed by atoms with Crippen LogP contribution in [0, 0.1) is 6.92 Å². The summed E-state index contributed by atoms with van der Waals surface area (Å²) in [5, 5.41) is 11.0. The Bertz CT molecular complexity index is 954. The Hall–Kier alpha value is -3.00. The first kappa shape index (κ1) is 16.5. The van der Waals surface area contributed by atoms with Crippen LogP contribution in [0.2, 0.25) is 0 Å². The van der Waals surface area contributed by atoms with Gasteiger partial charge in [-0.15, -0.1) is 0 Å². The van der Waals surface area contributed by atoms with Crippen LogP contribution >= 0.6 is 0 Å². The number of para-hydroxylation sites is 1. The zero-order valence-corrected chi connectivity index (χ0v) is 14.7. The molecule has 134 valence electrons. The lowest BCUT2D eigenvalue weighted by molar-refractivity contribution is -0.00543. The summed E-state index contributed by atoms with van der Waals surface area (Å²) in [6.45, 7) is 3.22. The van der Waals surface area contributed by atoms with Gasteiger partial charge in [-0.1, -0.05) is 18.2 Å². The van der Waals surface area contributed by atoms with Gasteiger partial charge >= 0.3 is 0 Å². The molecule has 0 aliphatic carbocycles. The number of carbonyl (C=O) groups is 1. The van der Waals surface area contributed by atoms with Crippen LogP contribution in [0.3, 0.4) is 0 Å². The van der Waals surface area contributed by atoms with Crippen molar-refractivity contribution in [2.45, 2.75) is 13.0 Å². The number of amides is 1. The molecule has 1 atom stereocenters. The summed E-state index contributed by atoms with van der Waals surface area (Å²) in [4.78, 5) is 24.0. The second-order valence-corrected chi connectivity index (χ2v) is 6.21. The number of hydrogen-bond acceptors (Lipinski definition) is 6. The van der Waals surface area contributed by atoms with Gasteiger partial charge in [-0.2, -0.15) is 5.10 Å². The van der Waals surface area contributed by atoms with Gasteiger partial charge in [0, 0.05) is 30.7 Å². The first-order valence-electron chi connectivity index (χ1n) is 8.52. The molecule has 0 unspecified atom stereocenters. The molecule has 8 nitrogen and oxygen atoms in total. The largest absolute Gasteiger partial charge is 0.377 e. The predicted octanol–water partition coefficient (Wildman–Crippen LogP) is 1.92. The molecule has 0 spiro atoms. The first-order chi connectivity index (χ1) is 12.7. The zero-order chi connectivity index (χ0) is 18.1. The monoisotopic (exact) mass is 352 g/mol. The molecule has 1 aliphatic rings. The molecule has 0 saturated carbocycles. The van der Waals surface area contributed by atoms with E-state index >= 15 is 0 Å². The summed E-state index contributed by atoms with van der Waals surface area (Å²) in [5.41, 5.74) is 2.08. The molecule has 3 aromatic rings. The Morgan fingerprint density at radius 1 is 1.35 bits per heavy atom. The first-order valence-corrected chi connectivity index (χ1v) is 8.52. The molecule has 2 aromatic heterocycles. The minimum absolute atomic E-state index is 0.146. The highest BCUT2D eigenvalue weighted by Gasteiger charge is 2.33. The van der Waals surface area contributed by atoms with E-state index in [9.17, 15) is 4.79 Å². The Morgan fingerprint density at radius 3 is 3.04 bits per heavy atom. The number of benzene rings is 1. The maximum atomic E-state index is 13.2. The van der Waals surface area contributed by atoms with Gasteiger partial charge in [0.1, 0.15) is 11.9 Å². The molecule has 4 rings (SSSR count). The van der Waals surface area contributed by atoms with Crippen LogP contribution in [0.25, 0.3) is 10.9 Å². The molecule has 26 heavy (non-hydrogen) atoms. The highest BCUT2D eigenvalue weighted by atomic mass is 16.5. The van der Waals surface area contributed by atoms with Gasteiger partial charge in [-0.3, -0.25) is 9.89 Å². The van der Waals surface area contributed by atoms with E-state index in [1.165, 1.54) is 0 Å². The minimum atomic E-state index is -0.348. The third-order valence-electron chi connectivity index (χ3n) is 4.49. The van der Waals surface area contributed by atoms with E-state index < -0.39 is 0 Å². The molecule has 2 N–H and O–H groups in total. The summed E-state index contributed by atoms with van der Waals surface area (Å²) in [5.74, 6) is 1.14. The van der Waals surface area contributed by atoms with Crippen molar-refractivity contribution < 1.29 is 9.53 Å². The predicted molar refractivity (Wildman–Crippen MR) is 97.0 cm³/mol. The maximum absolute atomic E-state index is 13.2. The van der Waals surface area contributed by atoms with Crippen LogP contribution in [0.4, 0.5) is 5.82 Å². The third kappa shape index (κ3) is 2.88. The van der Waals surface area contributed by atoms with Crippen molar-refractivity contribution in [2.75, 3.05) is 32.1 Å². The molecule has 3 heterocycles. The lowest BCUT2D eigenvalue weighted by Crippen LogP contribution is -2.44. The maximum Gasteiger partial charge on any atom is 0.275 e. The highest BCUT2D eigenvalue weighted by molar-refractivity contribution is 6.04. The minimum Gasteiger partial charge on any atom is -0.377 e. The number of nitrogens with one attached hydrogen (secondary N) is 2. The van der Waals surface area contributed by atoms with E-state index in [0.717, 1.165) is 22.4 Å². The Morgan fingerprint density at radius 2 is 2.19 bits per heavy atom. The van der Waals surface area contributed by atoms with Gasteiger partial charge in [-0.05, 0) is 13.0 Å². The van der Waals surface area contributed by atoms with E-state index in [2.05, 4.69) is 25.5 Å². The topological polar surface area (TPSA) is 96.0 Å². The van der Waals surface area contributed by atoms with Crippen LogP contribution in [-0.2, 0) is 4.74 Å². The van der Waals surface area contributed by atoms with Gasteiger partial charge in [0.05, 0.1) is 18.7 Å². The van der Waals surface area contributed by atoms with Crippen molar-refractivity contribution in [3.63, 3.8) is 0 Å². The van der Waals surface area contributed by atoms with Crippen LogP contribution in [0.1, 0.15) is 28.0 Å².